The van der Waals surface area contributed by atoms with Gasteiger partial charge in [-0.05, 0) is 12.5 Å². The van der Waals surface area contributed by atoms with Crippen LogP contribution >= 0.6 is 0 Å². The summed E-state index contributed by atoms with van der Waals surface area (Å²) in [5.41, 5.74) is 0. The lowest BCUT2D eigenvalue weighted by Gasteiger charge is -2.32. The molecular formula is C9H12N2. The van der Waals surface area contributed by atoms with Crippen molar-refractivity contribution in [2.24, 2.45) is 4.99 Å². The summed E-state index contributed by atoms with van der Waals surface area (Å²) in [5.74, 6) is 1.15. The molecule has 1 saturated heterocycles. The number of likely N-dealkylation sites (tertiary alicyclic amines) is 1. The summed E-state index contributed by atoms with van der Waals surface area (Å²) in [6.07, 6.45) is 9.59. The molecule has 1 fully saturated rings. The molecule has 0 bridgehead atoms. The Kier molecular flexibility index (Phi) is 1.76. The van der Waals surface area contributed by atoms with E-state index in [1.165, 1.54) is 19.5 Å². The zero-order chi connectivity index (χ0) is 7.52. The van der Waals surface area contributed by atoms with Crippen LogP contribution in [0.5, 0.6) is 0 Å². The summed E-state index contributed by atoms with van der Waals surface area (Å²) >= 11 is 0. The van der Waals surface area contributed by atoms with Crippen molar-refractivity contribution in [1.82, 2.24) is 4.90 Å². The summed E-state index contributed by atoms with van der Waals surface area (Å²) in [4.78, 5) is 6.72. The Hall–Kier alpha value is -1.05. The fourth-order valence-electron chi connectivity index (χ4n) is 1.23. The van der Waals surface area contributed by atoms with Crippen LogP contribution in [0.4, 0.5) is 0 Å². The van der Waals surface area contributed by atoms with E-state index < -0.39 is 0 Å². The molecule has 0 aromatic rings. The van der Waals surface area contributed by atoms with Gasteiger partial charge < -0.3 is 4.90 Å². The Morgan fingerprint density at radius 3 is 2.91 bits per heavy atom. The molecule has 58 valence electrons. The minimum atomic E-state index is 0.832. The molecule has 0 aliphatic carbocycles. The predicted molar refractivity (Wildman–Crippen MR) is 46.8 cm³/mol. The quantitative estimate of drug-likeness (QED) is 0.504. The summed E-state index contributed by atoms with van der Waals surface area (Å²) in [6.45, 7) is 3.20. The van der Waals surface area contributed by atoms with Crippen molar-refractivity contribution in [2.45, 2.75) is 6.42 Å². The topological polar surface area (TPSA) is 15.6 Å². The van der Waals surface area contributed by atoms with Gasteiger partial charge in [-0.15, -0.1) is 0 Å². The van der Waals surface area contributed by atoms with Crippen molar-refractivity contribution in [3.8, 4) is 0 Å². The molecule has 2 nitrogen and oxygen atoms in total. The van der Waals surface area contributed by atoms with Gasteiger partial charge in [0.1, 0.15) is 5.84 Å². The highest BCUT2D eigenvalue weighted by molar-refractivity contribution is 5.94. The average Bonchev–Trinajstić information content (AvgIpc) is 2.12. The second-order valence-corrected chi connectivity index (χ2v) is 2.83. The van der Waals surface area contributed by atoms with E-state index in [0.29, 0.717) is 0 Å². The molecule has 2 aliphatic heterocycles. The highest BCUT2D eigenvalue weighted by atomic mass is 15.2. The lowest BCUT2D eigenvalue weighted by atomic mass is 10.2. The van der Waals surface area contributed by atoms with Gasteiger partial charge in [0.15, 0.2) is 0 Å². The maximum absolute atomic E-state index is 4.41. The van der Waals surface area contributed by atoms with Crippen LogP contribution in [0.3, 0.4) is 0 Å². The highest BCUT2D eigenvalue weighted by Gasteiger charge is 2.15. The molecule has 0 aromatic heterocycles. The van der Waals surface area contributed by atoms with Crippen LogP contribution in [0.1, 0.15) is 6.42 Å². The number of aliphatic imine (C=N–C) groups is 1. The smallest absolute Gasteiger partial charge is 0.123 e. The number of hydrogen-bond donors (Lipinski definition) is 0. The number of hydrogen-bond acceptors (Lipinski definition) is 2. The van der Waals surface area contributed by atoms with Gasteiger partial charge in [-0.1, -0.05) is 18.2 Å². The van der Waals surface area contributed by atoms with Crippen LogP contribution in [0.15, 0.2) is 29.3 Å². The Morgan fingerprint density at radius 1 is 1.27 bits per heavy atom. The normalized spacial score (nSPS) is 22.5. The van der Waals surface area contributed by atoms with Crippen molar-refractivity contribution in [3.63, 3.8) is 0 Å². The zero-order valence-corrected chi connectivity index (χ0v) is 6.53. The van der Waals surface area contributed by atoms with E-state index in [4.69, 9.17) is 0 Å². The van der Waals surface area contributed by atoms with Crippen molar-refractivity contribution >= 4 is 5.84 Å². The van der Waals surface area contributed by atoms with Gasteiger partial charge in [-0.25, -0.2) is 0 Å². The Balaban J connectivity index is 2.06. The van der Waals surface area contributed by atoms with Gasteiger partial charge in [-0.2, -0.15) is 0 Å². The fourth-order valence-corrected chi connectivity index (χ4v) is 1.23. The molecule has 0 spiro atoms. The number of nitrogens with zero attached hydrogens (tertiary/aromatic N) is 2. The Morgan fingerprint density at radius 2 is 2.18 bits per heavy atom. The standard InChI is InChI=1S/C9H12N2/c1-2-5-9(10-6-3-1)11-7-4-8-11/h1-3,5H,4,6-8H2. The SMILES string of the molecule is C1=CCN=C(N2CCC2)C=C1. The first kappa shape index (κ1) is 6.65. The van der Waals surface area contributed by atoms with Crippen LogP contribution in [0.25, 0.3) is 0 Å². The largest absolute Gasteiger partial charge is 0.357 e. The van der Waals surface area contributed by atoms with Crippen LogP contribution in [-0.2, 0) is 0 Å². The van der Waals surface area contributed by atoms with Crippen molar-refractivity contribution in [3.05, 3.63) is 24.3 Å². The minimum absolute atomic E-state index is 0.832. The molecule has 0 radical (unpaired) electrons. The van der Waals surface area contributed by atoms with E-state index in [0.717, 1.165) is 12.4 Å². The minimum Gasteiger partial charge on any atom is -0.357 e. The van der Waals surface area contributed by atoms with Crippen molar-refractivity contribution in [1.29, 1.82) is 0 Å². The van der Waals surface area contributed by atoms with Crippen LogP contribution in [0, 0.1) is 0 Å². The van der Waals surface area contributed by atoms with Crippen LogP contribution in [0.2, 0.25) is 0 Å². The maximum Gasteiger partial charge on any atom is 0.123 e. The molecule has 0 N–H and O–H groups in total. The molecule has 2 rings (SSSR count). The van der Waals surface area contributed by atoms with E-state index in [1.54, 1.807) is 0 Å². The second kappa shape index (κ2) is 2.91. The van der Waals surface area contributed by atoms with Gasteiger partial charge in [0.25, 0.3) is 0 Å². The predicted octanol–water partition coefficient (Wildman–Crippen LogP) is 1.22. The Labute approximate surface area is 66.9 Å². The lowest BCUT2D eigenvalue weighted by Crippen LogP contribution is -2.41. The van der Waals surface area contributed by atoms with Gasteiger partial charge in [-0.3, -0.25) is 4.99 Å². The van der Waals surface area contributed by atoms with Gasteiger partial charge >= 0.3 is 0 Å². The molecule has 0 amide bonds. The summed E-state index contributed by atoms with van der Waals surface area (Å²) in [5, 5.41) is 0. The highest BCUT2D eigenvalue weighted by Crippen LogP contribution is 2.08. The molecule has 2 heterocycles. The van der Waals surface area contributed by atoms with E-state index in [-0.39, 0.29) is 0 Å². The Bertz CT molecular complexity index is 222. The van der Waals surface area contributed by atoms with Gasteiger partial charge in [0.2, 0.25) is 0 Å². The first-order chi connectivity index (χ1) is 5.47. The maximum atomic E-state index is 4.41. The monoisotopic (exact) mass is 148 g/mol. The summed E-state index contributed by atoms with van der Waals surface area (Å²) in [6, 6.07) is 0. The molecule has 2 aliphatic rings. The van der Waals surface area contributed by atoms with E-state index in [2.05, 4.69) is 34.2 Å². The van der Waals surface area contributed by atoms with Gasteiger partial charge in [0, 0.05) is 13.1 Å². The van der Waals surface area contributed by atoms with Gasteiger partial charge in [0.05, 0.1) is 6.54 Å². The second-order valence-electron chi connectivity index (χ2n) is 2.83. The number of rotatable bonds is 0. The molecule has 2 heteroatoms. The van der Waals surface area contributed by atoms with Crippen LogP contribution < -0.4 is 0 Å². The molecule has 11 heavy (non-hydrogen) atoms. The third-order valence-corrected chi connectivity index (χ3v) is 2.03. The number of amidine groups is 1. The molecular weight excluding hydrogens is 136 g/mol. The van der Waals surface area contributed by atoms with E-state index in [1.807, 2.05) is 0 Å². The van der Waals surface area contributed by atoms with Crippen LogP contribution in [-0.4, -0.2) is 30.4 Å². The first-order valence-electron chi connectivity index (χ1n) is 4.09. The third kappa shape index (κ3) is 1.34. The van der Waals surface area contributed by atoms with Crippen molar-refractivity contribution in [2.75, 3.05) is 19.6 Å². The van der Waals surface area contributed by atoms with E-state index in [9.17, 15) is 0 Å². The molecule has 0 unspecified atom stereocenters. The molecule has 0 saturated carbocycles. The summed E-state index contributed by atoms with van der Waals surface area (Å²) < 4.78 is 0. The lowest BCUT2D eigenvalue weighted by molar-refractivity contribution is 0.301. The molecule has 0 aromatic carbocycles. The third-order valence-electron chi connectivity index (χ3n) is 2.03. The first-order valence-corrected chi connectivity index (χ1v) is 4.09. The van der Waals surface area contributed by atoms with E-state index >= 15 is 0 Å². The number of allylic oxidation sites excluding steroid dienone is 2. The molecule has 0 atom stereocenters. The zero-order valence-electron chi connectivity index (χ0n) is 6.53. The average molecular weight is 148 g/mol. The summed E-state index contributed by atoms with van der Waals surface area (Å²) in [7, 11) is 0. The van der Waals surface area contributed by atoms with Crippen molar-refractivity contribution < 1.29 is 0 Å². The fraction of sp³-hybridized carbons (Fsp3) is 0.444.